The van der Waals surface area contributed by atoms with Crippen LogP contribution >= 0.6 is 0 Å². The summed E-state index contributed by atoms with van der Waals surface area (Å²) >= 11 is 0. The van der Waals surface area contributed by atoms with Crippen molar-refractivity contribution in [2.75, 3.05) is 0 Å². The van der Waals surface area contributed by atoms with Crippen LogP contribution in [0, 0.1) is 0 Å². The lowest BCUT2D eigenvalue weighted by Crippen LogP contribution is -2.32. The Morgan fingerprint density at radius 3 is 2.16 bits per heavy atom. The molecule has 0 unspecified atom stereocenters. The van der Waals surface area contributed by atoms with E-state index in [1.807, 2.05) is 61.5 Å². The lowest BCUT2D eigenvalue weighted by Gasteiger charge is -2.31. The van der Waals surface area contributed by atoms with E-state index in [1.165, 1.54) is 0 Å². The summed E-state index contributed by atoms with van der Waals surface area (Å²) in [6.45, 7) is 10.6. The van der Waals surface area contributed by atoms with Crippen LogP contribution in [0.5, 0.6) is 11.5 Å². The van der Waals surface area contributed by atoms with Crippen LogP contribution in [0.2, 0.25) is 0 Å². The minimum Gasteiger partial charge on any atom is -0.508 e. The molecule has 0 saturated carbocycles. The number of carbonyl (C=O) groups is 1. The van der Waals surface area contributed by atoms with Crippen LogP contribution in [-0.4, -0.2) is 22.2 Å². The third-order valence-electron chi connectivity index (χ3n) is 6.73. The van der Waals surface area contributed by atoms with E-state index in [4.69, 9.17) is 9.73 Å². The molecule has 0 bridgehead atoms. The van der Waals surface area contributed by atoms with Crippen molar-refractivity contribution >= 4 is 17.2 Å². The maximum atomic E-state index is 13.2. The average Bonchev–Trinajstić information content (AvgIpc) is 2.88. The zero-order valence-electron chi connectivity index (χ0n) is 23.0. The first-order chi connectivity index (χ1) is 17.8. The molecule has 0 heterocycles. The molecule has 3 aromatic rings. The normalized spacial score (nSPS) is 12.0. The van der Waals surface area contributed by atoms with Crippen LogP contribution in [0.4, 0.5) is 5.69 Å². The van der Waals surface area contributed by atoms with Gasteiger partial charge in [-0.3, -0.25) is 9.79 Å². The van der Waals surface area contributed by atoms with Gasteiger partial charge in [0.05, 0.1) is 5.69 Å². The van der Waals surface area contributed by atoms with Crippen molar-refractivity contribution in [3.63, 3.8) is 0 Å². The van der Waals surface area contributed by atoms with E-state index in [0.717, 1.165) is 66.7 Å². The Labute approximate surface area is 222 Å². The van der Waals surface area contributed by atoms with E-state index < -0.39 is 0 Å². The number of carbonyl (C=O) groups excluding carboxylic acids is 1. The third-order valence-corrected chi connectivity index (χ3v) is 6.73. The monoisotopic (exact) mass is 499 g/mol. The minimum atomic E-state index is -0.229. The van der Waals surface area contributed by atoms with Crippen LogP contribution < -0.4 is 4.74 Å². The summed E-state index contributed by atoms with van der Waals surface area (Å²) < 4.78 is 6.62. The molecule has 4 nitrogen and oxygen atoms in total. The van der Waals surface area contributed by atoms with Crippen LogP contribution in [-0.2, 0) is 0 Å². The first kappa shape index (κ1) is 28.2. The molecule has 0 atom stereocenters. The van der Waals surface area contributed by atoms with Gasteiger partial charge < -0.3 is 9.84 Å². The number of hydrogen-bond acceptors (Lipinski definition) is 4. The Hall–Kier alpha value is -3.40. The third kappa shape index (κ3) is 7.55. The summed E-state index contributed by atoms with van der Waals surface area (Å²) in [5, 5.41) is 9.67. The number of ether oxygens (including phenoxy) is 1. The number of phenols is 1. The average molecular weight is 500 g/mol. The van der Waals surface area contributed by atoms with Crippen molar-refractivity contribution in [3.8, 4) is 22.6 Å². The van der Waals surface area contributed by atoms with Crippen LogP contribution in [0.3, 0.4) is 0 Å². The number of Topliss-reactive ketones (excluding diaryl/α,β-unsaturated/α-hetero) is 1. The number of benzene rings is 3. The largest absolute Gasteiger partial charge is 0.508 e. The van der Waals surface area contributed by atoms with Gasteiger partial charge in [0, 0.05) is 23.3 Å². The fourth-order valence-corrected chi connectivity index (χ4v) is 4.81. The molecule has 37 heavy (non-hydrogen) atoms. The van der Waals surface area contributed by atoms with Gasteiger partial charge in [-0.1, -0.05) is 70.4 Å². The van der Waals surface area contributed by atoms with E-state index in [1.54, 1.807) is 12.1 Å². The highest BCUT2D eigenvalue weighted by molar-refractivity contribution is 6.06. The second kappa shape index (κ2) is 13.2. The van der Waals surface area contributed by atoms with Gasteiger partial charge in [-0.15, -0.1) is 0 Å². The number of unbranched alkanes of at least 4 members (excludes halogenated alkanes) is 1. The van der Waals surface area contributed by atoms with Gasteiger partial charge in [0.2, 0.25) is 0 Å². The van der Waals surface area contributed by atoms with Gasteiger partial charge in [-0.2, -0.15) is 0 Å². The SMILES string of the molecule is CCCCC(=O)c1cc(-c2ccc(O)cc2)ccc1N=C(C)c1ccccc1OC(C)(CCC)CCC. The first-order valence-electron chi connectivity index (χ1n) is 13.6. The predicted octanol–water partition coefficient (Wildman–Crippen LogP) is 9.31. The van der Waals surface area contributed by atoms with Crippen LogP contribution in [0.25, 0.3) is 11.1 Å². The summed E-state index contributed by atoms with van der Waals surface area (Å²) in [6, 6.07) is 20.9. The number of para-hydroxylation sites is 1. The van der Waals surface area contributed by atoms with Crippen molar-refractivity contribution in [1.29, 1.82) is 0 Å². The fourth-order valence-electron chi connectivity index (χ4n) is 4.81. The highest BCUT2D eigenvalue weighted by atomic mass is 16.5. The molecular formula is C33H41NO3. The van der Waals surface area contributed by atoms with Crippen molar-refractivity contribution in [3.05, 3.63) is 77.9 Å². The molecule has 0 aliphatic carbocycles. The first-order valence-corrected chi connectivity index (χ1v) is 13.6. The van der Waals surface area contributed by atoms with Gasteiger partial charge in [0.1, 0.15) is 17.1 Å². The van der Waals surface area contributed by atoms with Crippen molar-refractivity contribution in [1.82, 2.24) is 0 Å². The Morgan fingerprint density at radius 2 is 1.51 bits per heavy atom. The van der Waals surface area contributed by atoms with Crippen molar-refractivity contribution < 1.29 is 14.6 Å². The number of phenolic OH excluding ortho intramolecular Hbond substituents is 1. The van der Waals surface area contributed by atoms with Gasteiger partial charge in [0.15, 0.2) is 5.78 Å². The van der Waals surface area contributed by atoms with Gasteiger partial charge >= 0.3 is 0 Å². The molecule has 0 aliphatic rings. The molecule has 1 N–H and O–H groups in total. The molecule has 196 valence electrons. The summed E-state index contributed by atoms with van der Waals surface area (Å²) in [6.07, 6.45) is 6.38. The number of hydrogen-bond donors (Lipinski definition) is 1. The maximum Gasteiger partial charge on any atom is 0.165 e. The van der Waals surface area contributed by atoms with Gasteiger partial charge in [0.25, 0.3) is 0 Å². The van der Waals surface area contributed by atoms with Gasteiger partial charge in [-0.25, -0.2) is 0 Å². The predicted molar refractivity (Wildman–Crippen MR) is 155 cm³/mol. The second-order valence-electron chi connectivity index (χ2n) is 10.1. The molecule has 0 aromatic heterocycles. The summed E-state index contributed by atoms with van der Waals surface area (Å²) in [7, 11) is 0. The Bertz CT molecular complexity index is 1200. The molecule has 0 saturated heterocycles. The molecule has 0 spiro atoms. The van der Waals surface area contributed by atoms with E-state index in [-0.39, 0.29) is 17.1 Å². The lowest BCUT2D eigenvalue weighted by atomic mass is 9.94. The summed E-state index contributed by atoms with van der Waals surface area (Å²) in [4.78, 5) is 18.2. The number of nitrogens with zero attached hydrogens (tertiary/aromatic N) is 1. The molecule has 4 heteroatoms. The van der Waals surface area contributed by atoms with E-state index >= 15 is 0 Å². The maximum absolute atomic E-state index is 13.2. The number of rotatable bonds is 13. The van der Waals surface area contributed by atoms with Crippen molar-refractivity contribution in [2.24, 2.45) is 4.99 Å². The zero-order valence-corrected chi connectivity index (χ0v) is 23.0. The van der Waals surface area contributed by atoms with Crippen molar-refractivity contribution in [2.45, 2.75) is 85.2 Å². The highest BCUT2D eigenvalue weighted by Gasteiger charge is 2.26. The minimum absolute atomic E-state index is 0.0945. The molecule has 0 aliphatic heterocycles. The second-order valence-corrected chi connectivity index (χ2v) is 10.1. The molecule has 0 radical (unpaired) electrons. The quantitative estimate of drug-likeness (QED) is 0.188. The number of aliphatic imine (C=N–C) groups is 1. The van der Waals surface area contributed by atoms with Gasteiger partial charge in [-0.05, 0) is 80.6 Å². The Balaban J connectivity index is 2.03. The molecule has 3 aromatic carbocycles. The molecular weight excluding hydrogens is 458 g/mol. The lowest BCUT2D eigenvalue weighted by molar-refractivity contribution is 0.0678. The highest BCUT2D eigenvalue weighted by Crippen LogP contribution is 2.33. The van der Waals surface area contributed by atoms with E-state index in [2.05, 4.69) is 27.7 Å². The standard InChI is InChI=1S/C33H41NO3/c1-6-9-13-31(36)29-23-26(25-15-18-27(35)19-16-25)17-20-30(29)34-24(4)28-12-10-11-14-32(28)37-33(5,21-7-2)22-8-3/h10-12,14-20,23,35H,6-9,13,21-22H2,1-5H3. The summed E-state index contributed by atoms with van der Waals surface area (Å²) in [5.74, 6) is 1.14. The zero-order chi connectivity index (χ0) is 26.8. The van der Waals surface area contributed by atoms with E-state index in [0.29, 0.717) is 17.7 Å². The topological polar surface area (TPSA) is 58.9 Å². The van der Waals surface area contributed by atoms with E-state index in [9.17, 15) is 9.90 Å². The molecule has 0 fully saturated rings. The smallest absolute Gasteiger partial charge is 0.165 e. The number of ketones is 1. The fraction of sp³-hybridized carbons (Fsp3) is 0.394. The molecule has 0 amide bonds. The molecule has 3 rings (SSSR count). The Morgan fingerprint density at radius 1 is 0.865 bits per heavy atom. The number of aromatic hydroxyl groups is 1. The van der Waals surface area contributed by atoms with Crippen LogP contribution in [0.1, 0.15) is 95.5 Å². The van der Waals surface area contributed by atoms with Crippen LogP contribution in [0.15, 0.2) is 71.7 Å². The summed E-state index contributed by atoms with van der Waals surface area (Å²) in [5.41, 5.74) is 4.68. The Kier molecular flexibility index (Phi) is 10.1.